The number of hydrogen-bond acceptors (Lipinski definition) is 4. The minimum atomic E-state index is -0.00861. The average molecular weight is 371 g/mol. The summed E-state index contributed by atoms with van der Waals surface area (Å²) >= 11 is 0. The zero-order chi connectivity index (χ0) is 19.0. The molecule has 0 unspecified atom stereocenters. The van der Waals surface area contributed by atoms with Crippen LogP contribution >= 0.6 is 0 Å². The Bertz CT molecular complexity index is 694. The SMILES string of the molecule is COc1cc(/C=C/C(=O)NC23CC4CC(CC(C4)C2)C3)cc(OC)c1OC. The van der Waals surface area contributed by atoms with Gasteiger partial charge in [0, 0.05) is 11.6 Å². The number of benzene rings is 1. The van der Waals surface area contributed by atoms with Crippen molar-refractivity contribution in [2.75, 3.05) is 21.3 Å². The molecule has 4 bridgehead atoms. The van der Waals surface area contributed by atoms with Gasteiger partial charge in [-0.1, -0.05) is 0 Å². The lowest BCUT2D eigenvalue weighted by Crippen LogP contribution is -2.59. The number of ether oxygens (including phenoxy) is 3. The average Bonchev–Trinajstić information content (AvgIpc) is 2.63. The Morgan fingerprint density at radius 3 is 1.93 bits per heavy atom. The molecule has 4 aliphatic carbocycles. The van der Waals surface area contributed by atoms with E-state index >= 15 is 0 Å². The second-order valence-corrected chi connectivity index (χ2v) is 8.48. The smallest absolute Gasteiger partial charge is 0.244 e. The molecule has 5 rings (SSSR count). The number of hydrogen-bond donors (Lipinski definition) is 1. The van der Waals surface area contributed by atoms with Crippen LogP contribution in [0.3, 0.4) is 0 Å². The molecule has 0 aromatic heterocycles. The van der Waals surface area contributed by atoms with Gasteiger partial charge in [-0.25, -0.2) is 0 Å². The summed E-state index contributed by atoms with van der Waals surface area (Å²) in [5.41, 5.74) is 0.871. The van der Waals surface area contributed by atoms with Crippen molar-refractivity contribution in [2.45, 2.75) is 44.1 Å². The number of carbonyl (C=O) groups excluding carboxylic acids is 1. The highest BCUT2D eigenvalue weighted by atomic mass is 16.5. The fourth-order valence-corrected chi connectivity index (χ4v) is 5.94. The Kier molecular flexibility index (Phi) is 4.79. The van der Waals surface area contributed by atoms with E-state index in [0.717, 1.165) is 42.6 Å². The first-order chi connectivity index (χ1) is 13.0. The Morgan fingerprint density at radius 1 is 0.963 bits per heavy atom. The standard InChI is InChI=1S/C22H29NO4/c1-25-18-9-14(10-19(26-2)21(18)27-3)4-5-20(24)23-22-11-15-6-16(12-22)8-17(7-15)13-22/h4-5,9-10,15-17H,6-8,11-13H2,1-3H3,(H,23,24)/b5-4+. The third-order valence-corrected chi connectivity index (χ3v) is 6.54. The lowest BCUT2D eigenvalue weighted by molar-refractivity contribution is -0.122. The predicted molar refractivity (Wildman–Crippen MR) is 104 cm³/mol. The molecule has 1 aromatic rings. The molecule has 1 aromatic carbocycles. The second-order valence-electron chi connectivity index (χ2n) is 8.48. The molecule has 0 atom stereocenters. The van der Waals surface area contributed by atoms with E-state index in [2.05, 4.69) is 5.32 Å². The Hall–Kier alpha value is -2.17. The first-order valence-corrected chi connectivity index (χ1v) is 9.84. The molecule has 4 fully saturated rings. The topological polar surface area (TPSA) is 56.8 Å². The summed E-state index contributed by atoms with van der Waals surface area (Å²) in [6.45, 7) is 0. The van der Waals surface area contributed by atoms with Crippen LogP contribution in [0.15, 0.2) is 18.2 Å². The van der Waals surface area contributed by atoms with Gasteiger partial charge in [-0.2, -0.15) is 0 Å². The van der Waals surface area contributed by atoms with Gasteiger partial charge in [0.15, 0.2) is 11.5 Å². The number of rotatable bonds is 6. The Labute approximate surface area is 161 Å². The van der Waals surface area contributed by atoms with Gasteiger partial charge in [0.2, 0.25) is 11.7 Å². The van der Waals surface area contributed by atoms with Crippen LogP contribution in [-0.2, 0) is 4.79 Å². The van der Waals surface area contributed by atoms with Crippen molar-refractivity contribution in [2.24, 2.45) is 17.8 Å². The van der Waals surface area contributed by atoms with Crippen LogP contribution < -0.4 is 19.5 Å². The molecule has 4 aliphatic rings. The molecule has 1 N–H and O–H groups in total. The van der Waals surface area contributed by atoms with E-state index in [1.807, 2.05) is 12.1 Å². The summed E-state index contributed by atoms with van der Waals surface area (Å²) in [5, 5.41) is 3.36. The zero-order valence-electron chi connectivity index (χ0n) is 16.4. The monoisotopic (exact) mass is 371 g/mol. The van der Waals surface area contributed by atoms with Gasteiger partial charge in [0.25, 0.3) is 0 Å². The molecular formula is C22H29NO4. The second kappa shape index (κ2) is 7.10. The number of nitrogens with one attached hydrogen (secondary N) is 1. The van der Waals surface area contributed by atoms with Gasteiger partial charge in [-0.3, -0.25) is 4.79 Å². The van der Waals surface area contributed by atoms with Crippen molar-refractivity contribution in [1.82, 2.24) is 5.32 Å². The first kappa shape index (κ1) is 18.2. The number of carbonyl (C=O) groups is 1. The number of methoxy groups -OCH3 is 3. The fourth-order valence-electron chi connectivity index (χ4n) is 5.94. The van der Waals surface area contributed by atoms with Gasteiger partial charge in [0.1, 0.15) is 0 Å². The molecule has 27 heavy (non-hydrogen) atoms. The molecule has 0 radical (unpaired) electrons. The Morgan fingerprint density at radius 2 is 1.48 bits per heavy atom. The van der Waals surface area contributed by atoms with Crippen LogP contribution in [-0.4, -0.2) is 32.8 Å². The van der Waals surface area contributed by atoms with Crippen molar-refractivity contribution >= 4 is 12.0 Å². The summed E-state index contributed by atoms with van der Waals surface area (Å²) in [4.78, 5) is 12.6. The molecule has 0 heterocycles. The van der Waals surface area contributed by atoms with Gasteiger partial charge in [-0.05, 0) is 80.1 Å². The first-order valence-electron chi connectivity index (χ1n) is 9.84. The van der Waals surface area contributed by atoms with E-state index in [1.165, 1.54) is 19.3 Å². The summed E-state index contributed by atoms with van der Waals surface area (Å²) < 4.78 is 16.1. The van der Waals surface area contributed by atoms with Crippen molar-refractivity contribution in [3.8, 4) is 17.2 Å². The van der Waals surface area contributed by atoms with E-state index in [4.69, 9.17) is 14.2 Å². The number of amides is 1. The summed E-state index contributed by atoms with van der Waals surface area (Å²) in [6, 6.07) is 3.69. The third kappa shape index (κ3) is 3.52. The van der Waals surface area contributed by atoms with Gasteiger partial charge in [0.05, 0.1) is 21.3 Å². The van der Waals surface area contributed by atoms with Crippen molar-refractivity contribution in [3.63, 3.8) is 0 Å². The minimum absolute atomic E-state index is 0.00861. The molecular weight excluding hydrogens is 342 g/mol. The largest absolute Gasteiger partial charge is 0.493 e. The zero-order valence-corrected chi connectivity index (χ0v) is 16.4. The molecule has 4 saturated carbocycles. The normalized spacial score (nSPS) is 31.1. The van der Waals surface area contributed by atoms with Gasteiger partial charge in [-0.15, -0.1) is 0 Å². The van der Waals surface area contributed by atoms with Crippen LogP contribution in [0.5, 0.6) is 17.2 Å². The van der Waals surface area contributed by atoms with Gasteiger partial charge >= 0.3 is 0 Å². The highest BCUT2D eigenvalue weighted by Gasteiger charge is 2.51. The molecule has 1 amide bonds. The Balaban J connectivity index is 1.48. The quantitative estimate of drug-likeness (QED) is 0.773. The maximum Gasteiger partial charge on any atom is 0.244 e. The lowest BCUT2D eigenvalue weighted by Gasteiger charge is -2.56. The van der Waals surface area contributed by atoms with E-state index in [0.29, 0.717) is 17.2 Å². The van der Waals surface area contributed by atoms with Crippen molar-refractivity contribution in [1.29, 1.82) is 0 Å². The van der Waals surface area contributed by atoms with Crippen LogP contribution in [0.25, 0.3) is 6.08 Å². The summed E-state index contributed by atoms with van der Waals surface area (Å²) in [7, 11) is 4.75. The highest BCUT2D eigenvalue weighted by Crippen LogP contribution is 2.55. The van der Waals surface area contributed by atoms with E-state index in [9.17, 15) is 4.79 Å². The fraction of sp³-hybridized carbons (Fsp3) is 0.591. The van der Waals surface area contributed by atoms with E-state index < -0.39 is 0 Å². The summed E-state index contributed by atoms with van der Waals surface area (Å²) in [6.07, 6.45) is 11.0. The molecule has 146 valence electrons. The maximum absolute atomic E-state index is 12.6. The molecule has 0 saturated heterocycles. The molecule has 0 aliphatic heterocycles. The van der Waals surface area contributed by atoms with Gasteiger partial charge < -0.3 is 19.5 Å². The minimum Gasteiger partial charge on any atom is -0.493 e. The summed E-state index contributed by atoms with van der Waals surface area (Å²) in [5.74, 6) is 4.15. The molecule has 0 spiro atoms. The van der Waals surface area contributed by atoms with Crippen LogP contribution in [0, 0.1) is 17.8 Å². The van der Waals surface area contributed by atoms with Crippen LogP contribution in [0.1, 0.15) is 44.1 Å². The lowest BCUT2D eigenvalue weighted by atomic mass is 9.53. The third-order valence-electron chi connectivity index (χ3n) is 6.54. The van der Waals surface area contributed by atoms with Crippen LogP contribution in [0.2, 0.25) is 0 Å². The van der Waals surface area contributed by atoms with E-state index in [1.54, 1.807) is 33.5 Å². The van der Waals surface area contributed by atoms with Crippen molar-refractivity contribution < 1.29 is 19.0 Å². The maximum atomic E-state index is 12.6. The highest BCUT2D eigenvalue weighted by molar-refractivity contribution is 5.92. The van der Waals surface area contributed by atoms with E-state index in [-0.39, 0.29) is 11.4 Å². The van der Waals surface area contributed by atoms with Crippen molar-refractivity contribution in [3.05, 3.63) is 23.8 Å². The van der Waals surface area contributed by atoms with Crippen LogP contribution in [0.4, 0.5) is 0 Å². The molecule has 5 heteroatoms. The predicted octanol–water partition coefficient (Wildman–Crippen LogP) is 3.81. The molecule has 5 nitrogen and oxygen atoms in total.